The Bertz CT molecular complexity index is 426. The van der Waals surface area contributed by atoms with Crippen molar-refractivity contribution < 1.29 is 4.39 Å². The SMILES string of the molecule is CCCNC(=NC)NCCCN(C)c1cccc(F)c1.I. The lowest BCUT2D eigenvalue weighted by molar-refractivity contribution is 0.626. The fourth-order valence-electron chi connectivity index (χ4n) is 1.83. The van der Waals surface area contributed by atoms with Crippen molar-refractivity contribution in [2.24, 2.45) is 4.99 Å². The molecule has 0 saturated heterocycles. The molecule has 0 fully saturated rings. The highest BCUT2D eigenvalue weighted by molar-refractivity contribution is 14.0. The van der Waals surface area contributed by atoms with Crippen molar-refractivity contribution in [1.29, 1.82) is 0 Å². The molecule has 21 heavy (non-hydrogen) atoms. The van der Waals surface area contributed by atoms with Crippen molar-refractivity contribution in [3.63, 3.8) is 0 Å². The molecular weight excluding hydrogens is 382 g/mol. The highest BCUT2D eigenvalue weighted by atomic mass is 127. The maximum Gasteiger partial charge on any atom is 0.190 e. The van der Waals surface area contributed by atoms with E-state index >= 15 is 0 Å². The third kappa shape index (κ3) is 8.08. The summed E-state index contributed by atoms with van der Waals surface area (Å²) in [6, 6.07) is 6.66. The van der Waals surface area contributed by atoms with E-state index in [1.165, 1.54) is 6.07 Å². The monoisotopic (exact) mass is 408 g/mol. The number of guanidine groups is 1. The van der Waals surface area contributed by atoms with Gasteiger partial charge in [-0.05, 0) is 31.0 Å². The average Bonchev–Trinajstić information content (AvgIpc) is 2.46. The van der Waals surface area contributed by atoms with Gasteiger partial charge in [0.05, 0.1) is 0 Å². The van der Waals surface area contributed by atoms with E-state index in [4.69, 9.17) is 0 Å². The smallest absolute Gasteiger partial charge is 0.190 e. The Balaban J connectivity index is 0.00000400. The van der Waals surface area contributed by atoms with Gasteiger partial charge in [-0.2, -0.15) is 0 Å². The van der Waals surface area contributed by atoms with Gasteiger partial charge >= 0.3 is 0 Å². The Morgan fingerprint density at radius 3 is 2.62 bits per heavy atom. The van der Waals surface area contributed by atoms with Gasteiger partial charge in [-0.25, -0.2) is 4.39 Å². The van der Waals surface area contributed by atoms with E-state index in [2.05, 4.69) is 22.5 Å². The van der Waals surface area contributed by atoms with Crippen LogP contribution in [0.15, 0.2) is 29.3 Å². The predicted molar refractivity (Wildman–Crippen MR) is 99.4 cm³/mol. The van der Waals surface area contributed by atoms with Crippen LogP contribution in [0.5, 0.6) is 0 Å². The molecule has 1 aromatic carbocycles. The third-order valence-corrected chi connectivity index (χ3v) is 2.98. The van der Waals surface area contributed by atoms with Crippen molar-refractivity contribution in [3.8, 4) is 0 Å². The zero-order chi connectivity index (χ0) is 14.8. The molecule has 1 rings (SSSR count). The van der Waals surface area contributed by atoms with Gasteiger partial charge in [0.15, 0.2) is 5.96 Å². The van der Waals surface area contributed by atoms with E-state index in [1.807, 2.05) is 18.0 Å². The molecule has 0 aromatic heterocycles. The average molecular weight is 408 g/mol. The van der Waals surface area contributed by atoms with Gasteiger partial charge in [0.2, 0.25) is 0 Å². The second-order valence-corrected chi connectivity index (χ2v) is 4.68. The van der Waals surface area contributed by atoms with Gasteiger partial charge < -0.3 is 15.5 Å². The summed E-state index contributed by atoms with van der Waals surface area (Å²) >= 11 is 0. The first kappa shape index (κ1) is 19.9. The summed E-state index contributed by atoms with van der Waals surface area (Å²) < 4.78 is 13.1. The lowest BCUT2D eigenvalue weighted by Crippen LogP contribution is -2.38. The van der Waals surface area contributed by atoms with Crippen LogP contribution in [0.1, 0.15) is 19.8 Å². The molecule has 0 unspecified atom stereocenters. The number of aliphatic imine (C=N–C) groups is 1. The van der Waals surface area contributed by atoms with E-state index in [0.717, 1.165) is 44.1 Å². The van der Waals surface area contributed by atoms with E-state index in [1.54, 1.807) is 19.2 Å². The second-order valence-electron chi connectivity index (χ2n) is 4.68. The number of halogens is 2. The highest BCUT2D eigenvalue weighted by Crippen LogP contribution is 2.13. The van der Waals surface area contributed by atoms with E-state index in [-0.39, 0.29) is 29.8 Å². The largest absolute Gasteiger partial charge is 0.374 e. The number of nitrogens with one attached hydrogen (secondary N) is 2. The fraction of sp³-hybridized carbons (Fsp3) is 0.533. The first-order valence-corrected chi connectivity index (χ1v) is 7.08. The Hall–Kier alpha value is -1.05. The van der Waals surface area contributed by atoms with Crippen molar-refractivity contribution in [2.45, 2.75) is 19.8 Å². The molecule has 2 N–H and O–H groups in total. The minimum absolute atomic E-state index is 0. The van der Waals surface area contributed by atoms with Crippen molar-refractivity contribution in [1.82, 2.24) is 10.6 Å². The maximum atomic E-state index is 13.1. The fourth-order valence-corrected chi connectivity index (χ4v) is 1.83. The lowest BCUT2D eigenvalue weighted by Gasteiger charge is -2.19. The lowest BCUT2D eigenvalue weighted by atomic mass is 10.2. The minimum Gasteiger partial charge on any atom is -0.374 e. The second kappa shape index (κ2) is 11.6. The molecule has 0 heterocycles. The van der Waals surface area contributed by atoms with Gasteiger partial charge in [0, 0.05) is 39.4 Å². The van der Waals surface area contributed by atoms with Crippen molar-refractivity contribution in [2.75, 3.05) is 38.6 Å². The van der Waals surface area contributed by atoms with Gasteiger partial charge in [-0.15, -0.1) is 24.0 Å². The molecule has 120 valence electrons. The van der Waals surface area contributed by atoms with Crippen LogP contribution in [0, 0.1) is 5.82 Å². The summed E-state index contributed by atoms with van der Waals surface area (Å²) in [5.41, 5.74) is 0.901. The van der Waals surface area contributed by atoms with Crippen LogP contribution in [0.3, 0.4) is 0 Å². The Morgan fingerprint density at radius 1 is 1.29 bits per heavy atom. The van der Waals surface area contributed by atoms with E-state index < -0.39 is 0 Å². The zero-order valence-electron chi connectivity index (χ0n) is 13.0. The van der Waals surface area contributed by atoms with Crippen molar-refractivity contribution >= 4 is 35.6 Å². The minimum atomic E-state index is -0.198. The first-order valence-electron chi connectivity index (χ1n) is 7.08. The molecule has 0 saturated carbocycles. The van der Waals surface area contributed by atoms with E-state index in [0.29, 0.717) is 0 Å². The summed E-state index contributed by atoms with van der Waals surface area (Å²) in [6.07, 6.45) is 2.03. The summed E-state index contributed by atoms with van der Waals surface area (Å²) in [5, 5.41) is 6.48. The molecule has 1 aromatic rings. The van der Waals surface area contributed by atoms with Gasteiger partial charge in [-0.1, -0.05) is 13.0 Å². The Kier molecular flexibility index (Phi) is 11.0. The van der Waals surface area contributed by atoms with Crippen LogP contribution >= 0.6 is 24.0 Å². The Morgan fingerprint density at radius 2 is 2.00 bits per heavy atom. The van der Waals surface area contributed by atoms with Crippen molar-refractivity contribution in [3.05, 3.63) is 30.1 Å². The quantitative estimate of drug-likeness (QED) is 0.316. The van der Waals surface area contributed by atoms with Crippen LogP contribution in [0.25, 0.3) is 0 Å². The highest BCUT2D eigenvalue weighted by Gasteiger charge is 2.02. The number of rotatable bonds is 7. The third-order valence-electron chi connectivity index (χ3n) is 2.98. The topological polar surface area (TPSA) is 39.7 Å². The van der Waals surface area contributed by atoms with Crippen LogP contribution in [-0.4, -0.2) is 39.7 Å². The van der Waals surface area contributed by atoms with Crippen LogP contribution < -0.4 is 15.5 Å². The molecule has 0 aliphatic heterocycles. The number of hydrogen-bond acceptors (Lipinski definition) is 2. The van der Waals surface area contributed by atoms with Crippen LogP contribution in [0.4, 0.5) is 10.1 Å². The number of hydrogen-bond donors (Lipinski definition) is 2. The van der Waals surface area contributed by atoms with Gasteiger partial charge in [0.1, 0.15) is 5.82 Å². The molecule has 0 spiro atoms. The predicted octanol–water partition coefficient (Wildman–Crippen LogP) is 2.85. The molecule has 0 aliphatic carbocycles. The molecule has 0 atom stereocenters. The Labute approximate surface area is 144 Å². The van der Waals surface area contributed by atoms with Crippen LogP contribution in [-0.2, 0) is 0 Å². The molecule has 0 bridgehead atoms. The molecule has 0 aliphatic rings. The maximum absolute atomic E-state index is 13.1. The molecular formula is C15H26FIN4. The summed E-state index contributed by atoms with van der Waals surface area (Å²) in [4.78, 5) is 6.19. The molecule has 4 nitrogen and oxygen atoms in total. The first-order chi connectivity index (χ1) is 9.67. The van der Waals surface area contributed by atoms with Crippen LogP contribution in [0.2, 0.25) is 0 Å². The number of anilines is 1. The van der Waals surface area contributed by atoms with Gasteiger partial charge in [0.25, 0.3) is 0 Å². The standard InChI is InChI=1S/C15H25FN4.HI/c1-4-9-18-15(17-2)19-10-6-11-20(3)14-8-5-7-13(16)12-14;/h5,7-8,12H,4,6,9-11H2,1-3H3,(H2,17,18,19);1H. The van der Waals surface area contributed by atoms with E-state index in [9.17, 15) is 4.39 Å². The number of benzene rings is 1. The number of nitrogens with zero attached hydrogens (tertiary/aromatic N) is 2. The summed E-state index contributed by atoms with van der Waals surface area (Å²) in [5.74, 6) is 0.636. The normalized spacial score (nSPS) is 10.8. The summed E-state index contributed by atoms with van der Waals surface area (Å²) in [7, 11) is 3.74. The molecule has 6 heteroatoms. The van der Waals surface area contributed by atoms with Gasteiger partial charge in [-0.3, -0.25) is 4.99 Å². The zero-order valence-corrected chi connectivity index (χ0v) is 15.4. The molecule has 0 amide bonds. The summed E-state index contributed by atoms with van der Waals surface area (Å²) in [6.45, 7) is 4.74. The molecule has 0 radical (unpaired) electrons.